The van der Waals surface area contributed by atoms with Crippen molar-refractivity contribution >= 4 is 5.82 Å². The molecule has 3 heteroatoms. The summed E-state index contributed by atoms with van der Waals surface area (Å²) in [5.74, 6) is 1.12. The van der Waals surface area contributed by atoms with E-state index >= 15 is 0 Å². The zero-order valence-corrected chi connectivity index (χ0v) is 11.8. The molecule has 0 spiro atoms. The van der Waals surface area contributed by atoms with Gasteiger partial charge in [0.15, 0.2) is 0 Å². The highest BCUT2D eigenvalue weighted by Crippen LogP contribution is 2.22. The minimum absolute atomic E-state index is 0.188. The van der Waals surface area contributed by atoms with Gasteiger partial charge in [-0.1, -0.05) is 6.07 Å². The van der Waals surface area contributed by atoms with Crippen LogP contribution in [-0.2, 0) is 0 Å². The van der Waals surface area contributed by atoms with Crippen LogP contribution in [0.4, 0.5) is 5.82 Å². The number of nitrogens with zero attached hydrogens (tertiary/aromatic N) is 2. The van der Waals surface area contributed by atoms with Gasteiger partial charge in [-0.2, -0.15) is 0 Å². The first-order valence-electron chi connectivity index (χ1n) is 6.99. The largest absolute Gasteiger partial charge is 0.352 e. The Hall–Kier alpha value is -1.09. The number of rotatable bonds is 3. The van der Waals surface area contributed by atoms with Gasteiger partial charge < -0.3 is 10.2 Å². The molecular weight excluding hydrogens is 222 g/mol. The first-order chi connectivity index (χ1) is 8.56. The maximum Gasteiger partial charge on any atom is 0.128 e. The zero-order chi connectivity index (χ0) is 13.0. The first-order valence-corrected chi connectivity index (χ1v) is 6.99. The number of nitrogens with one attached hydrogen (secondary N) is 1. The topological polar surface area (TPSA) is 28.2 Å². The molecule has 3 nitrogen and oxygen atoms in total. The van der Waals surface area contributed by atoms with Crippen molar-refractivity contribution in [1.29, 1.82) is 0 Å². The van der Waals surface area contributed by atoms with Crippen molar-refractivity contribution in [3.63, 3.8) is 0 Å². The molecule has 1 saturated heterocycles. The van der Waals surface area contributed by atoms with Crippen molar-refractivity contribution in [2.75, 3.05) is 18.0 Å². The summed E-state index contributed by atoms with van der Waals surface area (Å²) in [6.45, 7) is 8.84. The van der Waals surface area contributed by atoms with E-state index in [4.69, 9.17) is 0 Å². The van der Waals surface area contributed by atoms with Gasteiger partial charge in [-0.25, -0.2) is 4.98 Å². The summed E-state index contributed by atoms with van der Waals surface area (Å²) < 4.78 is 0. The van der Waals surface area contributed by atoms with Crippen LogP contribution >= 0.6 is 0 Å². The van der Waals surface area contributed by atoms with Crippen LogP contribution in [0, 0.1) is 0 Å². The van der Waals surface area contributed by atoms with Gasteiger partial charge in [0, 0.05) is 30.9 Å². The van der Waals surface area contributed by atoms with Crippen LogP contribution in [0.5, 0.6) is 0 Å². The standard InChI is InChI=1S/C15H25N3/c1-15(2,3)17-12-13-8-5-7-11-18(13)14-9-4-6-10-16-14/h4,6,9-10,13,17H,5,7-8,11-12H2,1-3H3. The van der Waals surface area contributed by atoms with Gasteiger partial charge >= 0.3 is 0 Å². The van der Waals surface area contributed by atoms with Crippen LogP contribution in [0.1, 0.15) is 40.0 Å². The summed E-state index contributed by atoms with van der Waals surface area (Å²) >= 11 is 0. The van der Waals surface area contributed by atoms with Gasteiger partial charge in [-0.15, -0.1) is 0 Å². The monoisotopic (exact) mass is 247 g/mol. The number of piperidine rings is 1. The molecule has 100 valence electrons. The van der Waals surface area contributed by atoms with Crippen LogP contribution in [0.2, 0.25) is 0 Å². The zero-order valence-electron chi connectivity index (χ0n) is 11.8. The summed E-state index contributed by atoms with van der Waals surface area (Å²) in [5, 5.41) is 3.62. The lowest BCUT2D eigenvalue weighted by atomic mass is 10.0. The van der Waals surface area contributed by atoms with E-state index in [-0.39, 0.29) is 5.54 Å². The lowest BCUT2D eigenvalue weighted by molar-refractivity contribution is 0.365. The third-order valence-corrected chi connectivity index (χ3v) is 3.44. The van der Waals surface area contributed by atoms with E-state index in [0.29, 0.717) is 6.04 Å². The molecule has 1 aromatic heterocycles. The van der Waals surface area contributed by atoms with Crippen molar-refractivity contribution in [1.82, 2.24) is 10.3 Å². The molecule has 0 saturated carbocycles. The van der Waals surface area contributed by atoms with E-state index in [1.807, 2.05) is 12.3 Å². The smallest absolute Gasteiger partial charge is 0.128 e. The molecule has 1 aliphatic heterocycles. The summed E-state index contributed by atoms with van der Waals surface area (Å²) in [6, 6.07) is 6.75. The van der Waals surface area contributed by atoms with E-state index in [1.54, 1.807) is 0 Å². The molecule has 0 bridgehead atoms. The third kappa shape index (κ3) is 3.70. The van der Waals surface area contributed by atoms with Gasteiger partial charge in [-0.05, 0) is 52.2 Å². The molecule has 1 N–H and O–H groups in total. The Morgan fingerprint density at radius 2 is 2.17 bits per heavy atom. The molecule has 2 rings (SSSR count). The normalized spacial score (nSPS) is 21.1. The average molecular weight is 247 g/mol. The Morgan fingerprint density at radius 1 is 1.33 bits per heavy atom. The quantitative estimate of drug-likeness (QED) is 0.890. The van der Waals surface area contributed by atoms with Gasteiger partial charge in [0.25, 0.3) is 0 Å². The van der Waals surface area contributed by atoms with Crippen molar-refractivity contribution < 1.29 is 0 Å². The highest BCUT2D eigenvalue weighted by Gasteiger charge is 2.24. The molecule has 1 unspecified atom stereocenters. The molecule has 1 aliphatic rings. The fraction of sp³-hybridized carbons (Fsp3) is 0.667. The van der Waals surface area contributed by atoms with Crippen molar-refractivity contribution in [2.24, 2.45) is 0 Å². The number of aromatic nitrogens is 1. The predicted molar refractivity (Wildman–Crippen MR) is 77.0 cm³/mol. The molecule has 0 radical (unpaired) electrons. The van der Waals surface area contributed by atoms with E-state index in [1.165, 1.54) is 19.3 Å². The Morgan fingerprint density at radius 3 is 2.83 bits per heavy atom. The minimum Gasteiger partial charge on any atom is -0.352 e. The van der Waals surface area contributed by atoms with Crippen molar-refractivity contribution in [2.45, 2.75) is 51.6 Å². The second kappa shape index (κ2) is 5.70. The lowest BCUT2D eigenvalue weighted by Crippen LogP contribution is -2.50. The number of pyridine rings is 1. The fourth-order valence-electron chi connectivity index (χ4n) is 2.46. The first kappa shape index (κ1) is 13.3. The van der Waals surface area contributed by atoms with Gasteiger partial charge in [0.1, 0.15) is 5.82 Å². The van der Waals surface area contributed by atoms with Gasteiger partial charge in [0.2, 0.25) is 0 Å². The number of hydrogen-bond acceptors (Lipinski definition) is 3. The molecular formula is C15H25N3. The van der Waals surface area contributed by atoms with Crippen LogP contribution in [0.25, 0.3) is 0 Å². The lowest BCUT2D eigenvalue weighted by Gasteiger charge is -2.38. The number of hydrogen-bond donors (Lipinski definition) is 1. The average Bonchev–Trinajstić information content (AvgIpc) is 2.37. The molecule has 18 heavy (non-hydrogen) atoms. The Kier molecular flexibility index (Phi) is 4.23. The summed E-state index contributed by atoms with van der Waals surface area (Å²) in [6.07, 6.45) is 5.76. The highest BCUT2D eigenvalue weighted by atomic mass is 15.2. The molecule has 1 fully saturated rings. The van der Waals surface area contributed by atoms with E-state index < -0.39 is 0 Å². The SMILES string of the molecule is CC(C)(C)NCC1CCCCN1c1ccccn1. The minimum atomic E-state index is 0.188. The van der Waals surface area contributed by atoms with Crippen LogP contribution in [0.3, 0.4) is 0 Å². The van der Waals surface area contributed by atoms with E-state index in [2.05, 4.69) is 48.1 Å². The van der Waals surface area contributed by atoms with E-state index in [9.17, 15) is 0 Å². The molecule has 0 amide bonds. The maximum absolute atomic E-state index is 4.50. The van der Waals surface area contributed by atoms with Gasteiger partial charge in [-0.3, -0.25) is 0 Å². The highest BCUT2D eigenvalue weighted by molar-refractivity contribution is 5.39. The second-order valence-electron chi connectivity index (χ2n) is 6.16. The summed E-state index contributed by atoms with van der Waals surface area (Å²) in [5.41, 5.74) is 0.188. The molecule has 1 aromatic rings. The third-order valence-electron chi connectivity index (χ3n) is 3.44. The Bertz CT molecular complexity index is 356. The molecule has 0 aliphatic carbocycles. The Balaban J connectivity index is 2.02. The van der Waals surface area contributed by atoms with E-state index in [0.717, 1.165) is 18.9 Å². The molecule has 2 heterocycles. The van der Waals surface area contributed by atoms with Crippen molar-refractivity contribution in [3.05, 3.63) is 24.4 Å². The molecule has 0 aromatic carbocycles. The van der Waals surface area contributed by atoms with Crippen LogP contribution < -0.4 is 10.2 Å². The Labute approximate surface area is 111 Å². The summed E-state index contributed by atoms with van der Waals surface area (Å²) in [7, 11) is 0. The fourth-order valence-corrected chi connectivity index (χ4v) is 2.46. The second-order valence-corrected chi connectivity index (χ2v) is 6.16. The van der Waals surface area contributed by atoms with Gasteiger partial charge in [0.05, 0.1) is 0 Å². The molecule has 1 atom stereocenters. The van der Waals surface area contributed by atoms with Crippen LogP contribution in [0.15, 0.2) is 24.4 Å². The predicted octanol–water partition coefficient (Wildman–Crippen LogP) is 2.83. The summed E-state index contributed by atoms with van der Waals surface area (Å²) in [4.78, 5) is 6.96. The number of anilines is 1. The maximum atomic E-state index is 4.50. The van der Waals surface area contributed by atoms with Crippen LogP contribution in [-0.4, -0.2) is 29.7 Å². The van der Waals surface area contributed by atoms with Crippen molar-refractivity contribution in [3.8, 4) is 0 Å².